The molecule has 1 aromatic carbocycles. The highest BCUT2D eigenvalue weighted by Gasteiger charge is 2.19. The number of benzene rings is 1. The topological polar surface area (TPSA) is 34.9 Å². The predicted octanol–water partition coefficient (Wildman–Crippen LogP) is 4.22. The van der Waals surface area contributed by atoms with Crippen LogP contribution in [0, 0.1) is 5.82 Å². The summed E-state index contributed by atoms with van der Waals surface area (Å²) in [6, 6.07) is 6.29. The van der Waals surface area contributed by atoms with Crippen molar-refractivity contribution in [1.82, 2.24) is 9.78 Å². The summed E-state index contributed by atoms with van der Waals surface area (Å²) in [5.41, 5.74) is 0.698. The Bertz CT molecular complexity index is 662. The molecule has 3 rings (SSSR count). The third-order valence-electron chi connectivity index (χ3n) is 3.93. The van der Waals surface area contributed by atoms with Crippen molar-refractivity contribution in [2.45, 2.75) is 38.1 Å². The number of hydrogen-bond donors (Lipinski definition) is 0. The van der Waals surface area contributed by atoms with Crippen molar-refractivity contribution < 1.29 is 9.18 Å². The first-order valence-electron chi connectivity index (χ1n) is 7.16. The maximum Gasteiger partial charge on any atom is 0.171 e. The second-order valence-electron chi connectivity index (χ2n) is 5.45. The highest BCUT2D eigenvalue weighted by molar-refractivity contribution is 6.31. The van der Waals surface area contributed by atoms with Crippen LogP contribution in [-0.2, 0) is 6.42 Å². The Hall–Kier alpha value is -1.68. The summed E-state index contributed by atoms with van der Waals surface area (Å²) in [7, 11) is 0. The molecule has 110 valence electrons. The van der Waals surface area contributed by atoms with Crippen molar-refractivity contribution in [3.05, 3.63) is 52.6 Å². The first-order valence-corrected chi connectivity index (χ1v) is 7.53. The summed E-state index contributed by atoms with van der Waals surface area (Å²) < 4.78 is 15.6. The van der Waals surface area contributed by atoms with Gasteiger partial charge in [0.1, 0.15) is 5.82 Å². The minimum atomic E-state index is -0.542. The zero-order chi connectivity index (χ0) is 14.8. The van der Waals surface area contributed by atoms with E-state index in [1.54, 1.807) is 0 Å². The van der Waals surface area contributed by atoms with Crippen molar-refractivity contribution in [3.8, 4) is 0 Å². The van der Waals surface area contributed by atoms with Gasteiger partial charge in [-0.15, -0.1) is 0 Å². The van der Waals surface area contributed by atoms with Crippen LogP contribution in [0.2, 0.25) is 5.02 Å². The average Bonchev–Trinajstić information content (AvgIpc) is 3.11. The maximum atomic E-state index is 13.7. The fourth-order valence-corrected chi connectivity index (χ4v) is 2.99. The van der Waals surface area contributed by atoms with Crippen LogP contribution in [-0.4, -0.2) is 15.6 Å². The highest BCUT2D eigenvalue weighted by atomic mass is 35.5. The lowest BCUT2D eigenvalue weighted by Gasteiger charge is -2.08. The van der Waals surface area contributed by atoms with Crippen molar-refractivity contribution >= 4 is 17.4 Å². The number of ketones is 1. The molecular weight excluding hydrogens is 291 g/mol. The van der Waals surface area contributed by atoms with Gasteiger partial charge in [-0.2, -0.15) is 5.10 Å². The Labute approximate surface area is 127 Å². The van der Waals surface area contributed by atoms with Crippen LogP contribution in [0.5, 0.6) is 0 Å². The summed E-state index contributed by atoms with van der Waals surface area (Å²) in [5.74, 6) is -0.841. The Kier molecular flexibility index (Phi) is 4.06. The van der Waals surface area contributed by atoms with Crippen LogP contribution in [0.4, 0.5) is 4.39 Å². The van der Waals surface area contributed by atoms with Crippen LogP contribution < -0.4 is 0 Å². The third kappa shape index (κ3) is 3.16. The molecule has 0 radical (unpaired) electrons. The van der Waals surface area contributed by atoms with Crippen molar-refractivity contribution in [3.63, 3.8) is 0 Å². The van der Waals surface area contributed by atoms with Crippen LogP contribution >= 0.6 is 11.6 Å². The van der Waals surface area contributed by atoms with E-state index in [0.717, 1.165) is 12.8 Å². The lowest BCUT2D eigenvalue weighted by Crippen LogP contribution is -2.09. The van der Waals surface area contributed by atoms with Gasteiger partial charge in [-0.3, -0.25) is 9.48 Å². The lowest BCUT2D eigenvalue weighted by molar-refractivity contribution is 0.0988. The van der Waals surface area contributed by atoms with Crippen LogP contribution in [0.3, 0.4) is 0 Å². The quantitative estimate of drug-likeness (QED) is 0.793. The molecule has 0 amide bonds. The normalized spacial score (nSPS) is 15.5. The number of Topliss-reactive ketones (excluding diaryl/α,β-unsaturated/α-hetero) is 1. The summed E-state index contributed by atoms with van der Waals surface area (Å²) in [6.07, 6.45) is 6.74. The van der Waals surface area contributed by atoms with E-state index in [9.17, 15) is 9.18 Å². The molecule has 2 aromatic rings. The Balaban J connectivity index is 1.74. The predicted molar refractivity (Wildman–Crippen MR) is 79.2 cm³/mol. The molecule has 0 N–H and O–H groups in total. The number of carbonyl (C=O) groups excluding carboxylic acids is 1. The van der Waals surface area contributed by atoms with Crippen LogP contribution in [0.15, 0.2) is 30.5 Å². The molecule has 1 aliphatic rings. The van der Waals surface area contributed by atoms with Crippen molar-refractivity contribution in [2.75, 3.05) is 0 Å². The number of hydrogen-bond acceptors (Lipinski definition) is 2. The minimum Gasteiger partial charge on any atom is -0.294 e. The van der Waals surface area contributed by atoms with Gasteiger partial charge in [-0.25, -0.2) is 4.39 Å². The molecule has 1 fully saturated rings. The molecule has 0 bridgehead atoms. The molecular formula is C16H16ClFN2O. The minimum absolute atomic E-state index is 0.0258. The molecule has 5 heteroatoms. The molecule has 0 atom stereocenters. The molecule has 1 saturated carbocycles. The standard InChI is InChI=1S/C16H16ClFN2O/c17-11-5-6-15(18)14(9-11)16(21)10-12-7-8-20(19-12)13-3-1-2-4-13/h5-9,13H,1-4,10H2. The monoisotopic (exact) mass is 306 g/mol. The van der Waals surface area contributed by atoms with Crippen LogP contribution in [0.1, 0.15) is 47.8 Å². The molecule has 1 heterocycles. The highest BCUT2D eigenvalue weighted by Crippen LogP contribution is 2.28. The Morgan fingerprint density at radius 1 is 1.33 bits per heavy atom. The van der Waals surface area contributed by atoms with Crippen LogP contribution in [0.25, 0.3) is 0 Å². The van der Waals surface area contributed by atoms with E-state index in [1.807, 2.05) is 16.9 Å². The smallest absolute Gasteiger partial charge is 0.171 e. The second kappa shape index (κ2) is 5.98. The van der Waals surface area contributed by atoms with Gasteiger partial charge in [-0.05, 0) is 37.1 Å². The first-order chi connectivity index (χ1) is 10.1. The van der Waals surface area contributed by atoms with Gasteiger partial charge < -0.3 is 0 Å². The molecule has 3 nitrogen and oxygen atoms in total. The summed E-state index contributed by atoms with van der Waals surface area (Å²) in [5, 5.41) is 4.81. The molecule has 0 spiro atoms. The Morgan fingerprint density at radius 3 is 2.86 bits per heavy atom. The van der Waals surface area contributed by atoms with Crippen molar-refractivity contribution in [2.24, 2.45) is 0 Å². The summed E-state index contributed by atoms with van der Waals surface area (Å²) in [6.45, 7) is 0. The summed E-state index contributed by atoms with van der Waals surface area (Å²) >= 11 is 5.82. The van der Waals surface area contributed by atoms with E-state index in [-0.39, 0.29) is 17.8 Å². The SMILES string of the molecule is O=C(Cc1ccn(C2CCCC2)n1)c1cc(Cl)ccc1F. The number of rotatable bonds is 4. The molecule has 21 heavy (non-hydrogen) atoms. The molecule has 0 saturated heterocycles. The van der Waals surface area contributed by atoms with Gasteiger partial charge in [0, 0.05) is 11.2 Å². The zero-order valence-electron chi connectivity index (χ0n) is 11.6. The first kappa shape index (κ1) is 14.3. The van der Waals surface area contributed by atoms with E-state index in [0.29, 0.717) is 16.8 Å². The molecule has 1 aromatic heterocycles. The van der Waals surface area contributed by atoms with Gasteiger partial charge in [0.25, 0.3) is 0 Å². The summed E-state index contributed by atoms with van der Waals surface area (Å²) in [4.78, 5) is 12.2. The maximum absolute atomic E-state index is 13.7. The average molecular weight is 307 g/mol. The molecule has 0 unspecified atom stereocenters. The van der Waals surface area contributed by atoms with Gasteiger partial charge in [0.15, 0.2) is 5.78 Å². The Morgan fingerprint density at radius 2 is 2.10 bits per heavy atom. The van der Waals surface area contributed by atoms with Crippen molar-refractivity contribution in [1.29, 1.82) is 0 Å². The van der Waals surface area contributed by atoms with Gasteiger partial charge in [0.2, 0.25) is 0 Å². The largest absolute Gasteiger partial charge is 0.294 e. The molecule has 0 aliphatic heterocycles. The fourth-order valence-electron chi connectivity index (χ4n) is 2.81. The van der Waals surface area contributed by atoms with E-state index in [1.165, 1.54) is 31.0 Å². The van der Waals surface area contributed by atoms with Gasteiger partial charge in [0.05, 0.1) is 23.7 Å². The zero-order valence-corrected chi connectivity index (χ0v) is 12.3. The lowest BCUT2D eigenvalue weighted by atomic mass is 10.1. The number of nitrogens with zero attached hydrogens (tertiary/aromatic N) is 2. The molecule has 1 aliphatic carbocycles. The van der Waals surface area contributed by atoms with E-state index in [2.05, 4.69) is 5.10 Å². The van der Waals surface area contributed by atoms with E-state index in [4.69, 9.17) is 11.6 Å². The van der Waals surface area contributed by atoms with E-state index >= 15 is 0 Å². The third-order valence-corrected chi connectivity index (χ3v) is 4.17. The van der Waals surface area contributed by atoms with Gasteiger partial charge in [-0.1, -0.05) is 24.4 Å². The number of halogens is 2. The van der Waals surface area contributed by atoms with Gasteiger partial charge >= 0.3 is 0 Å². The fraction of sp³-hybridized carbons (Fsp3) is 0.375. The van der Waals surface area contributed by atoms with E-state index < -0.39 is 5.82 Å². The number of aromatic nitrogens is 2. The second-order valence-corrected chi connectivity index (χ2v) is 5.89. The number of carbonyl (C=O) groups is 1.